The Hall–Kier alpha value is -3.75. The number of nitrogens with one attached hydrogen (secondary N) is 2. The molecule has 2 N–H and O–H groups in total. The molecule has 0 saturated heterocycles. The molecule has 1 amide bonds. The highest BCUT2D eigenvalue weighted by atomic mass is 19.4. The minimum Gasteiger partial charge on any atom is -0.336 e. The molecule has 0 aliphatic carbocycles. The van der Waals surface area contributed by atoms with E-state index in [1.165, 1.54) is 24.4 Å². The summed E-state index contributed by atoms with van der Waals surface area (Å²) in [6.45, 7) is 0. The molecule has 140 valence electrons. The lowest BCUT2D eigenvalue weighted by atomic mass is 10.1. The maximum atomic E-state index is 13.0. The van der Waals surface area contributed by atoms with Crippen LogP contribution in [0.4, 0.5) is 19.0 Å². The van der Waals surface area contributed by atoms with Gasteiger partial charge in [0.15, 0.2) is 5.65 Å². The number of benzene rings is 1. The lowest BCUT2D eigenvalue weighted by Crippen LogP contribution is -2.13. The van der Waals surface area contributed by atoms with Gasteiger partial charge in [-0.3, -0.25) is 4.79 Å². The van der Waals surface area contributed by atoms with E-state index >= 15 is 0 Å². The third kappa shape index (κ3) is 3.41. The predicted octanol–water partition coefficient (Wildman–Crippen LogP) is 4.29. The number of aromatic amines is 1. The van der Waals surface area contributed by atoms with Crippen LogP contribution in [-0.2, 0) is 6.18 Å². The zero-order chi connectivity index (χ0) is 19.7. The summed E-state index contributed by atoms with van der Waals surface area (Å²) in [6.07, 6.45) is -1.51. The van der Waals surface area contributed by atoms with Gasteiger partial charge in [-0.1, -0.05) is 18.2 Å². The second-order valence-corrected chi connectivity index (χ2v) is 5.89. The Kier molecular flexibility index (Phi) is 4.26. The smallest absolute Gasteiger partial charge is 0.336 e. The van der Waals surface area contributed by atoms with Crippen molar-refractivity contribution in [2.75, 3.05) is 5.32 Å². The van der Waals surface area contributed by atoms with E-state index in [0.29, 0.717) is 11.3 Å². The molecule has 0 atom stereocenters. The summed E-state index contributed by atoms with van der Waals surface area (Å²) in [7, 11) is 0. The van der Waals surface area contributed by atoms with Crippen molar-refractivity contribution in [1.82, 2.24) is 19.9 Å². The molecule has 6 nitrogen and oxygen atoms in total. The number of anilines is 1. The highest BCUT2D eigenvalue weighted by Gasteiger charge is 2.30. The Morgan fingerprint density at radius 2 is 1.86 bits per heavy atom. The highest BCUT2D eigenvalue weighted by molar-refractivity contribution is 6.10. The van der Waals surface area contributed by atoms with Crippen LogP contribution in [0.3, 0.4) is 0 Å². The first-order valence-electron chi connectivity index (χ1n) is 8.16. The SMILES string of the molecule is O=C(Nc1ccccn1)c1ccnc2nc(-c3cccc(C(F)(F)F)c3)[nH]c12. The highest BCUT2D eigenvalue weighted by Crippen LogP contribution is 2.32. The molecule has 0 aliphatic heterocycles. The van der Waals surface area contributed by atoms with Gasteiger partial charge in [0, 0.05) is 18.0 Å². The van der Waals surface area contributed by atoms with Crippen LogP contribution in [0.25, 0.3) is 22.6 Å². The molecule has 0 radical (unpaired) electrons. The fourth-order valence-corrected chi connectivity index (χ4v) is 2.70. The van der Waals surface area contributed by atoms with Gasteiger partial charge in [-0.2, -0.15) is 13.2 Å². The number of carbonyl (C=O) groups is 1. The largest absolute Gasteiger partial charge is 0.416 e. The van der Waals surface area contributed by atoms with Gasteiger partial charge in [0.05, 0.1) is 16.6 Å². The molecule has 9 heteroatoms. The number of nitrogens with zero attached hydrogens (tertiary/aromatic N) is 3. The Labute approximate surface area is 156 Å². The minimum atomic E-state index is -4.46. The van der Waals surface area contributed by atoms with E-state index in [1.807, 2.05) is 0 Å². The van der Waals surface area contributed by atoms with Crippen molar-refractivity contribution in [3.8, 4) is 11.4 Å². The van der Waals surface area contributed by atoms with Crippen LogP contribution in [-0.4, -0.2) is 25.8 Å². The molecule has 3 aromatic heterocycles. The summed E-state index contributed by atoms with van der Waals surface area (Å²) >= 11 is 0. The summed E-state index contributed by atoms with van der Waals surface area (Å²) in [5.74, 6) is 0.118. The first kappa shape index (κ1) is 17.7. The Morgan fingerprint density at radius 1 is 1.00 bits per heavy atom. The zero-order valence-corrected chi connectivity index (χ0v) is 14.2. The molecule has 0 aliphatic rings. The van der Waals surface area contributed by atoms with E-state index in [9.17, 15) is 18.0 Å². The van der Waals surface area contributed by atoms with Crippen LogP contribution >= 0.6 is 0 Å². The fraction of sp³-hybridized carbons (Fsp3) is 0.0526. The van der Waals surface area contributed by atoms with Crippen LogP contribution in [0.2, 0.25) is 0 Å². The van der Waals surface area contributed by atoms with E-state index in [4.69, 9.17) is 0 Å². The lowest BCUT2D eigenvalue weighted by molar-refractivity contribution is -0.137. The standard InChI is InChI=1S/C19H12F3N5O/c20-19(21,22)12-5-3-4-11(10-12)16-26-15-13(7-9-24-17(15)27-16)18(28)25-14-6-1-2-8-23-14/h1-10H,(H,23,25,28)(H,24,26,27). The molecule has 28 heavy (non-hydrogen) atoms. The number of aromatic nitrogens is 4. The average molecular weight is 383 g/mol. The third-order valence-electron chi connectivity index (χ3n) is 4.01. The predicted molar refractivity (Wildman–Crippen MR) is 96.5 cm³/mol. The summed E-state index contributed by atoms with van der Waals surface area (Å²) in [5.41, 5.74) is 0.251. The first-order valence-corrected chi connectivity index (χ1v) is 8.16. The number of halogens is 3. The average Bonchev–Trinajstić information content (AvgIpc) is 3.12. The number of pyridine rings is 2. The van der Waals surface area contributed by atoms with Crippen molar-refractivity contribution in [1.29, 1.82) is 0 Å². The number of alkyl halides is 3. The maximum Gasteiger partial charge on any atom is 0.416 e. The third-order valence-corrected chi connectivity index (χ3v) is 4.01. The molecular formula is C19H12F3N5O. The van der Waals surface area contributed by atoms with E-state index in [1.54, 1.807) is 24.4 Å². The minimum absolute atomic E-state index is 0.187. The van der Waals surface area contributed by atoms with Crippen LogP contribution in [0, 0.1) is 0 Å². The molecular weight excluding hydrogens is 371 g/mol. The molecule has 4 rings (SSSR count). The molecule has 0 unspecified atom stereocenters. The van der Waals surface area contributed by atoms with Gasteiger partial charge in [0.1, 0.15) is 11.6 Å². The summed E-state index contributed by atoms with van der Waals surface area (Å²) in [6, 6.07) is 11.4. The quantitative estimate of drug-likeness (QED) is 0.553. The van der Waals surface area contributed by atoms with Gasteiger partial charge in [-0.25, -0.2) is 15.0 Å². The van der Waals surface area contributed by atoms with Gasteiger partial charge in [-0.15, -0.1) is 0 Å². The van der Waals surface area contributed by atoms with E-state index in [-0.39, 0.29) is 22.6 Å². The number of hydrogen-bond donors (Lipinski definition) is 2. The topological polar surface area (TPSA) is 83.6 Å². The van der Waals surface area contributed by atoms with Crippen molar-refractivity contribution in [3.05, 3.63) is 72.1 Å². The Balaban J connectivity index is 1.73. The van der Waals surface area contributed by atoms with Crippen molar-refractivity contribution >= 4 is 22.9 Å². The molecule has 0 saturated carbocycles. The van der Waals surface area contributed by atoms with Gasteiger partial charge < -0.3 is 10.3 Å². The Bertz CT molecular complexity index is 1160. The van der Waals surface area contributed by atoms with E-state index < -0.39 is 17.6 Å². The number of imidazole rings is 1. The second kappa shape index (κ2) is 6.76. The summed E-state index contributed by atoms with van der Waals surface area (Å²) in [5, 5.41) is 2.65. The fourth-order valence-electron chi connectivity index (χ4n) is 2.70. The van der Waals surface area contributed by atoms with Crippen LogP contribution in [0.15, 0.2) is 60.9 Å². The number of rotatable bonds is 3. The molecule has 0 bridgehead atoms. The number of hydrogen-bond acceptors (Lipinski definition) is 4. The number of amides is 1. The molecule has 3 heterocycles. The first-order chi connectivity index (χ1) is 13.4. The van der Waals surface area contributed by atoms with Gasteiger partial charge in [-0.05, 0) is 30.3 Å². The van der Waals surface area contributed by atoms with Crippen molar-refractivity contribution in [2.45, 2.75) is 6.18 Å². The Morgan fingerprint density at radius 3 is 2.61 bits per heavy atom. The monoisotopic (exact) mass is 383 g/mol. The van der Waals surface area contributed by atoms with Crippen LogP contribution < -0.4 is 5.32 Å². The van der Waals surface area contributed by atoms with Gasteiger partial charge >= 0.3 is 6.18 Å². The number of fused-ring (bicyclic) bond motifs is 1. The normalized spacial score (nSPS) is 11.5. The molecule has 0 spiro atoms. The van der Waals surface area contributed by atoms with Crippen molar-refractivity contribution < 1.29 is 18.0 Å². The lowest BCUT2D eigenvalue weighted by Gasteiger charge is -2.07. The van der Waals surface area contributed by atoms with Gasteiger partial charge in [0.2, 0.25) is 0 Å². The number of H-pyrrole nitrogens is 1. The summed E-state index contributed by atoms with van der Waals surface area (Å²) < 4.78 is 38.9. The number of carbonyl (C=O) groups excluding carboxylic acids is 1. The van der Waals surface area contributed by atoms with Crippen LogP contribution in [0.5, 0.6) is 0 Å². The zero-order valence-electron chi connectivity index (χ0n) is 14.2. The second-order valence-electron chi connectivity index (χ2n) is 5.89. The van der Waals surface area contributed by atoms with Crippen molar-refractivity contribution in [3.63, 3.8) is 0 Å². The van der Waals surface area contributed by atoms with E-state index in [0.717, 1.165) is 12.1 Å². The molecule has 4 aromatic rings. The van der Waals surface area contributed by atoms with E-state index in [2.05, 4.69) is 25.3 Å². The summed E-state index contributed by atoms with van der Waals surface area (Å²) in [4.78, 5) is 27.8. The van der Waals surface area contributed by atoms with Gasteiger partial charge in [0.25, 0.3) is 5.91 Å². The molecule has 1 aromatic carbocycles. The van der Waals surface area contributed by atoms with Crippen LogP contribution in [0.1, 0.15) is 15.9 Å². The van der Waals surface area contributed by atoms with Crippen molar-refractivity contribution in [2.24, 2.45) is 0 Å². The molecule has 0 fully saturated rings. The maximum absolute atomic E-state index is 13.0.